The van der Waals surface area contributed by atoms with Gasteiger partial charge in [0.1, 0.15) is 0 Å². The molecule has 0 bridgehead atoms. The van der Waals surface area contributed by atoms with Gasteiger partial charge in [0, 0.05) is 5.54 Å². The van der Waals surface area contributed by atoms with Gasteiger partial charge in [-0.2, -0.15) is 0 Å². The Morgan fingerprint density at radius 3 is 2.63 bits per heavy atom. The molecule has 1 fully saturated rings. The van der Waals surface area contributed by atoms with Gasteiger partial charge in [-0.25, -0.2) is 0 Å². The fourth-order valence-electron chi connectivity index (χ4n) is 3.49. The van der Waals surface area contributed by atoms with Gasteiger partial charge in [0.15, 0.2) is 0 Å². The zero-order valence-electron chi connectivity index (χ0n) is 13.0. The molecule has 2 atom stereocenters. The van der Waals surface area contributed by atoms with Crippen LogP contribution in [0.2, 0.25) is 0 Å². The van der Waals surface area contributed by atoms with Crippen LogP contribution in [-0.2, 0) is 6.42 Å². The van der Waals surface area contributed by atoms with E-state index in [1.807, 2.05) is 0 Å². The van der Waals surface area contributed by atoms with Crippen molar-refractivity contribution in [3.05, 3.63) is 34.9 Å². The van der Waals surface area contributed by atoms with Crippen molar-refractivity contribution in [1.82, 2.24) is 0 Å². The topological polar surface area (TPSA) is 26.0 Å². The van der Waals surface area contributed by atoms with Crippen molar-refractivity contribution in [2.75, 3.05) is 0 Å². The summed E-state index contributed by atoms with van der Waals surface area (Å²) in [6, 6.07) is 6.82. The molecule has 0 radical (unpaired) electrons. The summed E-state index contributed by atoms with van der Waals surface area (Å²) in [6.45, 7) is 9.05. The quantitative estimate of drug-likeness (QED) is 0.856. The highest BCUT2D eigenvalue weighted by Gasteiger charge is 2.33. The Morgan fingerprint density at radius 2 is 2.00 bits per heavy atom. The molecule has 2 rings (SSSR count). The van der Waals surface area contributed by atoms with Gasteiger partial charge in [-0.3, -0.25) is 0 Å². The van der Waals surface area contributed by atoms with E-state index < -0.39 is 0 Å². The van der Waals surface area contributed by atoms with Gasteiger partial charge in [-0.05, 0) is 61.6 Å². The molecule has 1 aliphatic carbocycles. The second-order valence-electron chi connectivity index (χ2n) is 7.06. The summed E-state index contributed by atoms with van der Waals surface area (Å²) >= 11 is 0. The zero-order valence-corrected chi connectivity index (χ0v) is 13.0. The minimum atomic E-state index is 0.0227. The monoisotopic (exact) mass is 259 g/mol. The summed E-state index contributed by atoms with van der Waals surface area (Å²) in [7, 11) is 0. The van der Waals surface area contributed by atoms with Gasteiger partial charge in [-0.15, -0.1) is 0 Å². The van der Waals surface area contributed by atoms with Crippen molar-refractivity contribution in [2.45, 2.75) is 65.3 Å². The summed E-state index contributed by atoms with van der Waals surface area (Å²) in [5.41, 5.74) is 10.9. The van der Waals surface area contributed by atoms with E-state index in [1.54, 1.807) is 0 Å². The van der Waals surface area contributed by atoms with E-state index in [0.717, 1.165) is 18.3 Å². The summed E-state index contributed by atoms with van der Waals surface area (Å²) in [4.78, 5) is 0. The second kappa shape index (κ2) is 5.66. The summed E-state index contributed by atoms with van der Waals surface area (Å²) in [5, 5.41) is 0. The lowest BCUT2D eigenvalue weighted by molar-refractivity contribution is 0.182. The molecule has 0 saturated heterocycles. The Labute approximate surface area is 118 Å². The van der Waals surface area contributed by atoms with Crippen molar-refractivity contribution in [2.24, 2.45) is 17.6 Å². The molecular weight excluding hydrogens is 230 g/mol. The van der Waals surface area contributed by atoms with Crippen LogP contribution in [0.1, 0.15) is 56.2 Å². The molecule has 0 heterocycles. The number of hydrogen-bond acceptors (Lipinski definition) is 1. The van der Waals surface area contributed by atoms with Crippen LogP contribution in [0.25, 0.3) is 0 Å². The molecule has 2 unspecified atom stereocenters. The third-order valence-corrected chi connectivity index (χ3v) is 4.99. The predicted octanol–water partition coefficient (Wildman–Crippen LogP) is 4.39. The minimum Gasteiger partial charge on any atom is -0.325 e. The van der Waals surface area contributed by atoms with E-state index >= 15 is 0 Å². The first-order chi connectivity index (χ1) is 8.89. The third-order valence-electron chi connectivity index (χ3n) is 4.99. The first kappa shape index (κ1) is 14.6. The summed E-state index contributed by atoms with van der Waals surface area (Å²) in [6.07, 6.45) is 6.08. The molecule has 0 aliphatic heterocycles. The average Bonchev–Trinajstić information content (AvgIpc) is 2.33. The molecule has 0 spiro atoms. The van der Waals surface area contributed by atoms with Crippen LogP contribution >= 0.6 is 0 Å². The smallest absolute Gasteiger partial charge is 0.0197 e. The van der Waals surface area contributed by atoms with Crippen LogP contribution in [-0.4, -0.2) is 5.54 Å². The van der Waals surface area contributed by atoms with E-state index in [0.29, 0.717) is 0 Å². The number of aryl methyl sites for hydroxylation is 2. The van der Waals surface area contributed by atoms with Crippen molar-refractivity contribution >= 4 is 0 Å². The van der Waals surface area contributed by atoms with E-state index in [2.05, 4.69) is 45.9 Å². The van der Waals surface area contributed by atoms with Crippen LogP contribution in [0.5, 0.6) is 0 Å². The Balaban J connectivity index is 2.09. The highest BCUT2D eigenvalue weighted by molar-refractivity contribution is 5.31. The lowest BCUT2D eigenvalue weighted by Crippen LogP contribution is -2.47. The number of benzene rings is 1. The van der Waals surface area contributed by atoms with Gasteiger partial charge < -0.3 is 5.73 Å². The molecule has 1 aromatic carbocycles. The number of hydrogen-bond donors (Lipinski definition) is 1. The predicted molar refractivity (Wildman–Crippen MR) is 83.3 cm³/mol. The third kappa shape index (κ3) is 3.60. The summed E-state index contributed by atoms with van der Waals surface area (Å²) in [5.74, 6) is 1.58. The second-order valence-corrected chi connectivity index (χ2v) is 7.06. The van der Waals surface area contributed by atoms with E-state index in [1.165, 1.54) is 42.4 Å². The van der Waals surface area contributed by atoms with Gasteiger partial charge in [-0.1, -0.05) is 44.9 Å². The van der Waals surface area contributed by atoms with E-state index in [4.69, 9.17) is 5.73 Å². The lowest BCUT2D eigenvalue weighted by atomic mass is 9.70. The molecule has 0 amide bonds. The maximum absolute atomic E-state index is 6.71. The molecule has 1 aliphatic rings. The normalized spacial score (nSPS) is 27.8. The maximum atomic E-state index is 6.71. The largest absolute Gasteiger partial charge is 0.325 e. The van der Waals surface area contributed by atoms with Gasteiger partial charge in [0.25, 0.3) is 0 Å². The van der Waals surface area contributed by atoms with Crippen LogP contribution in [0.15, 0.2) is 18.2 Å². The van der Waals surface area contributed by atoms with Gasteiger partial charge in [0.05, 0.1) is 0 Å². The SMILES string of the molecule is Cc1ccc(CC2(N)CCCC(C(C)C)C2)cc1C. The minimum absolute atomic E-state index is 0.0227. The molecule has 19 heavy (non-hydrogen) atoms. The molecule has 106 valence electrons. The molecule has 1 aromatic rings. The average molecular weight is 259 g/mol. The number of rotatable bonds is 3. The standard InChI is InChI=1S/C18H29N/c1-13(2)17-6-5-9-18(19,12-17)11-16-8-7-14(3)15(4)10-16/h7-8,10,13,17H,5-6,9,11-12,19H2,1-4H3. The molecule has 1 heteroatoms. The van der Waals surface area contributed by atoms with Crippen molar-refractivity contribution in [3.63, 3.8) is 0 Å². The van der Waals surface area contributed by atoms with Crippen molar-refractivity contribution in [1.29, 1.82) is 0 Å². The molecule has 2 N–H and O–H groups in total. The van der Waals surface area contributed by atoms with Crippen molar-refractivity contribution < 1.29 is 0 Å². The van der Waals surface area contributed by atoms with Gasteiger partial charge in [0.2, 0.25) is 0 Å². The van der Waals surface area contributed by atoms with Gasteiger partial charge >= 0.3 is 0 Å². The van der Waals surface area contributed by atoms with E-state index in [-0.39, 0.29) is 5.54 Å². The summed E-state index contributed by atoms with van der Waals surface area (Å²) < 4.78 is 0. The molecule has 1 nitrogen and oxygen atoms in total. The zero-order chi connectivity index (χ0) is 14.0. The lowest BCUT2D eigenvalue weighted by Gasteiger charge is -2.40. The highest BCUT2D eigenvalue weighted by Crippen LogP contribution is 2.36. The van der Waals surface area contributed by atoms with Crippen LogP contribution in [0, 0.1) is 25.7 Å². The Kier molecular flexibility index (Phi) is 4.35. The van der Waals surface area contributed by atoms with Crippen LogP contribution < -0.4 is 5.73 Å². The van der Waals surface area contributed by atoms with Crippen molar-refractivity contribution in [3.8, 4) is 0 Å². The maximum Gasteiger partial charge on any atom is 0.0197 e. The first-order valence-electron chi connectivity index (χ1n) is 7.75. The first-order valence-corrected chi connectivity index (χ1v) is 7.75. The highest BCUT2D eigenvalue weighted by atomic mass is 14.7. The van der Waals surface area contributed by atoms with E-state index in [9.17, 15) is 0 Å². The molecule has 0 aromatic heterocycles. The fraction of sp³-hybridized carbons (Fsp3) is 0.667. The van der Waals surface area contributed by atoms with Crippen LogP contribution in [0.4, 0.5) is 0 Å². The van der Waals surface area contributed by atoms with Crippen LogP contribution in [0.3, 0.4) is 0 Å². The fourth-order valence-corrected chi connectivity index (χ4v) is 3.49. The number of nitrogens with two attached hydrogens (primary N) is 1. The molecular formula is C18H29N. The molecule has 1 saturated carbocycles. The Bertz CT molecular complexity index is 435. The Morgan fingerprint density at radius 1 is 1.26 bits per heavy atom. The Hall–Kier alpha value is -0.820.